The van der Waals surface area contributed by atoms with Crippen LogP contribution in [-0.2, 0) is 14.3 Å². The molecule has 0 aliphatic carbocycles. The molecule has 5 nitrogen and oxygen atoms in total. The van der Waals surface area contributed by atoms with E-state index in [1.54, 1.807) is 13.8 Å². The van der Waals surface area contributed by atoms with E-state index in [9.17, 15) is 9.18 Å². The van der Waals surface area contributed by atoms with Gasteiger partial charge in [-0.25, -0.2) is 4.39 Å². The second-order valence-electron chi connectivity index (χ2n) is 3.33. The molecule has 0 aromatic heterocycles. The smallest absolute Gasteiger partial charge is 0.188 e. The summed E-state index contributed by atoms with van der Waals surface area (Å²) in [6, 6.07) is 0. The van der Waals surface area contributed by atoms with Crippen LogP contribution in [0.3, 0.4) is 0 Å². The van der Waals surface area contributed by atoms with E-state index < -0.39 is 0 Å². The fraction of sp³-hybridized carbons (Fsp3) is 0.385. The summed E-state index contributed by atoms with van der Waals surface area (Å²) in [5.41, 5.74) is 0.129. The van der Waals surface area contributed by atoms with Gasteiger partial charge < -0.3 is 14.7 Å². The zero-order valence-electron chi connectivity index (χ0n) is 11.2. The van der Waals surface area contributed by atoms with Crippen molar-refractivity contribution in [2.45, 2.75) is 20.3 Å². The number of carbonyl (C=O) groups excluding carboxylic acids is 1. The summed E-state index contributed by atoms with van der Waals surface area (Å²) in [5.74, 6) is -0.181. The van der Waals surface area contributed by atoms with Crippen LogP contribution in [0.5, 0.6) is 0 Å². The van der Waals surface area contributed by atoms with Crippen LogP contribution in [0.25, 0.3) is 0 Å². The first-order valence-electron chi connectivity index (χ1n) is 5.67. The van der Waals surface area contributed by atoms with Crippen molar-refractivity contribution in [2.24, 2.45) is 5.16 Å². The zero-order valence-corrected chi connectivity index (χ0v) is 11.2. The highest BCUT2D eigenvalue weighted by Gasteiger charge is 2.19. The number of ether oxygens (including phenoxy) is 2. The molecular formula is C13H18FNO4. The van der Waals surface area contributed by atoms with Gasteiger partial charge >= 0.3 is 0 Å². The number of Topliss-reactive ketones (excluding diaryl/α,β-unsaturated/α-hetero) is 1. The maximum atomic E-state index is 12.1. The number of oxime groups is 1. The quantitative estimate of drug-likeness (QED) is 0.184. The summed E-state index contributed by atoms with van der Waals surface area (Å²) in [5, 5.41) is 11.9. The molecule has 0 heterocycles. The molecule has 0 aromatic rings. The summed E-state index contributed by atoms with van der Waals surface area (Å²) in [6.45, 7) is 3.20. The van der Waals surface area contributed by atoms with E-state index in [0.717, 1.165) is 6.08 Å². The lowest BCUT2D eigenvalue weighted by Gasteiger charge is -2.13. The van der Waals surface area contributed by atoms with Crippen LogP contribution in [0.2, 0.25) is 0 Å². The second kappa shape index (κ2) is 10.0. The molecule has 0 rings (SSSR count). The predicted octanol–water partition coefficient (Wildman–Crippen LogP) is 2.73. The molecule has 0 radical (unpaired) electrons. The number of halogens is 1. The number of rotatable bonds is 8. The van der Waals surface area contributed by atoms with Gasteiger partial charge in [0.1, 0.15) is 5.76 Å². The Kier molecular flexibility index (Phi) is 8.99. The van der Waals surface area contributed by atoms with Gasteiger partial charge in [-0.2, -0.15) is 0 Å². The Labute approximate surface area is 111 Å². The van der Waals surface area contributed by atoms with E-state index in [4.69, 9.17) is 14.7 Å². The Balaban J connectivity index is 5.42. The van der Waals surface area contributed by atoms with Crippen molar-refractivity contribution in [1.82, 2.24) is 0 Å². The van der Waals surface area contributed by atoms with Crippen molar-refractivity contribution in [1.29, 1.82) is 0 Å². The summed E-state index contributed by atoms with van der Waals surface area (Å²) < 4.78 is 22.1. The third-order valence-electron chi connectivity index (χ3n) is 2.15. The van der Waals surface area contributed by atoms with E-state index in [2.05, 4.69) is 5.16 Å². The molecule has 0 aromatic carbocycles. The van der Waals surface area contributed by atoms with Gasteiger partial charge in [0.25, 0.3) is 0 Å². The highest BCUT2D eigenvalue weighted by atomic mass is 19.1. The van der Waals surface area contributed by atoms with Gasteiger partial charge in [0.05, 0.1) is 6.33 Å². The fourth-order valence-corrected chi connectivity index (χ4v) is 1.28. The molecule has 0 bridgehead atoms. The minimum absolute atomic E-state index is 0.0810. The molecule has 0 saturated heterocycles. The van der Waals surface area contributed by atoms with Gasteiger partial charge in [-0.15, -0.1) is 0 Å². The molecule has 1 N–H and O–H groups in total. The van der Waals surface area contributed by atoms with Gasteiger partial charge in [0.2, 0.25) is 0 Å². The maximum Gasteiger partial charge on any atom is 0.188 e. The van der Waals surface area contributed by atoms with Crippen LogP contribution in [0.15, 0.2) is 41.0 Å². The largest absolute Gasteiger partial charge is 0.467 e. The van der Waals surface area contributed by atoms with E-state index in [0.29, 0.717) is 6.33 Å². The molecule has 0 fully saturated rings. The molecule has 0 unspecified atom stereocenters. The van der Waals surface area contributed by atoms with Crippen molar-refractivity contribution in [3.05, 3.63) is 35.9 Å². The van der Waals surface area contributed by atoms with Crippen molar-refractivity contribution in [3.63, 3.8) is 0 Å². The first-order chi connectivity index (χ1) is 9.15. The molecule has 0 aliphatic heterocycles. The molecule has 106 valence electrons. The van der Waals surface area contributed by atoms with E-state index >= 15 is 0 Å². The molecule has 0 aliphatic rings. The molecule has 0 spiro atoms. The Hall–Kier alpha value is -1.95. The fourth-order valence-electron chi connectivity index (χ4n) is 1.28. The molecule has 0 amide bonds. The van der Waals surface area contributed by atoms with Crippen molar-refractivity contribution >= 4 is 11.5 Å². The number of hydrogen-bond acceptors (Lipinski definition) is 5. The first kappa shape index (κ1) is 17.1. The van der Waals surface area contributed by atoms with Crippen LogP contribution in [-0.4, -0.2) is 30.6 Å². The van der Waals surface area contributed by atoms with Crippen LogP contribution < -0.4 is 0 Å². The summed E-state index contributed by atoms with van der Waals surface area (Å²) >= 11 is 0. The zero-order chi connectivity index (χ0) is 14.7. The second-order valence-corrected chi connectivity index (χ2v) is 3.33. The van der Waals surface area contributed by atoms with Crippen molar-refractivity contribution in [2.75, 3.05) is 13.9 Å². The van der Waals surface area contributed by atoms with Gasteiger partial charge in [0, 0.05) is 19.1 Å². The monoisotopic (exact) mass is 271 g/mol. The predicted molar refractivity (Wildman–Crippen MR) is 69.6 cm³/mol. The summed E-state index contributed by atoms with van der Waals surface area (Å²) in [7, 11) is 1.43. The average Bonchev–Trinajstić information content (AvgIpc) is 2.44. The van der Waals surface area contributed by atoms with Crippen LogP contribution in [0.4, 0.5) is 4.39 Å². The minimum atomic E-state index is -0.355. The lowest BCUT2D eigenvalue weighted by Crippen LogP contribution is -2.18. The lowest BCUT2D eigenvalue weighted by molar-refractivity contribution is -0.112. The van der Waals surface area contributed by atoms with Crippen LogP contribution in [0, 0.1) is 0 Å². The SMILES string of the molecule is C/C=C(C(=C/C=C/F)\OCOC)/C(=N\O)C(=O)CC. The van der Waals surface area contributed by atoms with Crippen LogP contribution >= 0.6 is 0 Å². The Morgan fingerprint density at radius 2 is 2.16 bits per heavy atom. The van der Waals surface area contributed by atoms with Gasteiger partial charge in [-0.1, -0.05) is 18.2 Å². The van der Waals surface area contributed by atoms with Crippen molar-refractivity contribution < 1.29 is 23.9 Å². The van der Waals surface area contributed by atoms with Crippen LogP contribution in [0.1, 0.15) is 20.3 Å². The average molecular weight is 271 g/mol. The van der Waals surface area contributed by atoms with Crippen molar-refractivity contribution in [3.8, 4) is 0 Å². The standard InChI is InChI=1S/C13H18FNO4/c1-4-10(13(15-17)11(16)5-2)12(7-6-8-14)19-9-18-3/h4,6-8,17H,5,9H2,1-3H3/b8-6+,10-4+,12-7+,15-13+. The molecule has 0 atom stereocenters. The Morgan fingerprint density at radius 1 is 1.47 bits per heavy atom. The number of carbonyl (C=O) groups is 1. The van der Waals surface area contributed by atoms with Gasteiger partial charge in [-0.05, 0) is 19.1 Å². The maximum absolute atomic E-state index is 12.1. The topological polar surface area (TPSA) is 68.1 Å². The number of allylic oxidation sites excluding steroid dienone is 4. The highest BCUT2D eigenvalue weighted by molar-refractivity contribution is 6.46. The molecule has 6 heteroatoms. The van der Waals surface area contributed by atoms with E-state index in [-0.39, 0.29) is 36.0 Å². The Morgan fingerprint density at radius 3 is 2.58 bits per heavy atom. The summed E-state index contributed by atoms with van der Waals surface area (Å²) in [6.07, 6.45) is 4.44. The third kappa shape index (κ3) is 5.48. The molecule has 0 saturated carbocycles. The number of hydrogen-bond donors (Lipinski definition) is 1. The number of nitrogens with zero attached hydrogens (tertiary/aromatic N) is 1. The van der Waals surface area contributed by atoms with Gasteiger partial charge in [0.15, 0.2) is 18.3 Å². The summed E-state index contributed by atoms with van der Waals surface area (Å²) in [4.78, 5) is 11.7. The number of ketones is 1. The lowest BCUT2D eigenvalue weighted by atomic mass is 10.0. The number of methoxy groups -OCH3 is 1. The van der Waals surface area contributed by atoms with E-state index in [1.807, 2.05) is 0 Å². The normalized spacial score (nSPS) is 14.0. The molecule has 19 heavy (non-hydrogen) atoms. The Bertz CT molecular complexity index is 411. The highest BCUT2D eigenvalue weighted by Crippen LogP contribution is 2.16. The molecular weight excluding hydrogens is 253 g/mol. The minimum Gasteiger partial charge on any atom is -0.467 e. The third-order valence-corrected chi connectivity index (χ3v) is 2.15. The van der Waals surface area contributed by atoms with Gasteiger partial charge in [-0.3, -0.25) is 4.79 Å². The van der Waals surface area contributed by atoms with E-state index in [1.165, 1.54) is 19.3 Å². The first-order valence-corrected chi connectivity index (χ1v) is 5.67.